The molecule has 3 nitrogen and oxygen atoms in total. The van der Waals surface area contributed by atoms with Crippen molar-refractivity contribution in [2.45, 2.75) is 20.3 Å². The number of hydrogen-bond acceptors (Lipinski definition) is 3. The number of aromatic nitrogens is 3. The molecule has 10 rings (SSSR count). The Balaban J connectivity index is 1.36. The molecule has 1 aliphatic rings. The van der Waals surface area contributed by atoms with E-state index in [4.69, 9.17) is 10.2 Å². The summed E-state index contributed by atoms with van der Waals surface area (Å²) < 4.78 is 2.87. The van der Waals surface area contributed by atoms with Crippen molar-refractivity contribution in [1.82, 2.24) is 15.4 Å². The Bertz CT molecular complexity index is 2840. The molecule has 0 saturated heterocycles. The number of benzene rings is 7. The molecule has 246 valence electrons. The number of fused-ring (bicyclic) bond motifs is 6. The van der Waals surface area contributed by atoms with Crippen molar-refractivity contribution in [2.75, 3.05) is 0 Å². The molecule has 0 unspecified atom stereocenters. The number of rotatable bonds is 5. The second kappa shape index (κ2) is 12.4. The van der Waals surface area contributed by atoms with Crippen molar-refractivity contribution < 1.29 is 0 Å². The van der Waals surface area contributed by atoms with Crippen LogP contribution in [0.1, 0.15) is 22.3 Å². The van der Waals surface area contributed by atoms with Gasteiger partial charge in [-0.05, 0) is 0 Å². The van der Waals surface area contributed by atoms with E-state index in [0.717, 1.165) is 40.1 Å². The van der Waals surface area contributed by atoms with Gasteiger partial charge in [0.05, 0.1) is 0 Å². The first-order chi connectivity index (χ1) is 25.7. The van der Waals surface area contributed by atoms with Gasteiger partial charge >= 0.3 is 304 Å². The summed E-state index contributed by atoms with van der Waals surface area (Å²) in [5, 5.41) is 16.9. The molecule has 4 heteroatoms. The monoisotopic (exact) mass is 731 g/mol. The van der Waals surface area contributed by atoms with E-state index in [-0.39, 0.29) is 14.5 Å². The van der Waals surface area contributed by atoms with Crippen molar-refractivity contribution in [2.24, 2.45) is 0 Å². The Morgan fingerprint density at radius 2 is 1.12 bits per heavy atom. The number of hydrogen-bond donors (Lipinski definition) is 0. The summed E-state index contributed by atoms with van der Waals surface area (Å²) in [6.07, 6.45) is 0.886. The summed E-state index contributed by atoms with van der Waals surface area (Å²) in [5.74, 6) is 0. The Morgan fingerprint density at radius 1 is 0.481 bits per heavy atom. The molecule has 9 aromatic rings. The fraction of sp³-hybridized carbons (Fsp3) is 0.0625. The zero-order valence-corrected chi connectivity index (χ0v) is 30.6. The van der Waals surface area contributed by atoms with Gasteiger partial charge in [0.1, 0.15) is 0 Å². The second-order valence-electron chi connectivity index (χ2n) is 13.7. The molecule has 0 N–H and O–H groups in total. The molecule has 0 aliphatic heterocycles. The summed E-state index contributed by atoms with van der Waals surface area (Å²) in [7, 11) is 0. The van der Waals surface area contributed by atoms with Crippen LogP contribution in [0.4, 0.5) is 0 Å². The van der Waals surface area contributed by atoms with Gasteiger partial charge in [-0.1, -0.05) is 6.07 Å². The standard InChI is InChI=1S/C48H33N3Se/c1-29-27-39-34-20-10-9-19-33(34)28-40(39)43(30(29)2)46-36(35-23-14-26-42-45(35)37-21-11-12-25-41(37)52-42)22-13-24-38(46)48-44(31-15-5-3-6-16-31)47(49-51-50-48)32-17-7-4-8-18-32/h3-27H,28H2,1-2H3. The zero-order valence-electron chi connectivity index (χ0n) is 28.9. The molecular weight excluding hydrogens is 698 g/mol. The van der Waals surface area contributed by atoms with Gasteiger partial charge in [0, 0.05) is 0 Å². The molecule has 0 saturated carbocycles. The first kappa shape index (κ1) is 30.9. The van der Waals surface area contributed by atoms with E-state index < -0.39 is 0 Å². The molecule has 2 heterocycles. The summed E-state index contributed by atoms with van der Waals surface area (Å²) in [4.78, 5) is 0. The summed E-state index contributed by atoms with van der Waals surface area (Å²) in [6.45, 7) is 4.56. The molecule has 1 aliphatic carbocycles. The third-order valence-electron chi connectivity index (χ3n) is 10.8. The van der Waals surface area contributed by atoms with Crippen LogP contribution < -0.4 is 0 Å². The van der Waals surface area contributed by atoms with E-state index in [1.165, 1.54) is 74.9 Å². The molecule has 0 bridgehead atoms. The maximum absolute atomic E-state index is 4.97. The summed E-state index contributed by atoms with van der Waals surface area (Å²) in [6, 6.07) is 54.9. The van der Waals surface area contributed by atoms with Crippen LogP contribution in [0, 0.1) is 13.8 Å². The van der Waals surface area contributed by atoms with Gasteiger partial charge < -0.3 is 0 Å². The third-order valence-corrected chi connectivity index (χ3v) is 13.1. The quantitative estimate of drug-likeness (QED) is 0.166. The van der Waals surface area contributed by atoms with Crippen LogP contribution in [0.2, 0.25) is 0 Å². The molecule has 0 fully saturated rings. The van der Waals surface area contributed by atoms with E-state index in [9.17, 15) is 0 Å². The summed E-state index contributed by atoms with van der Waals surface area (Å²) >= 11 is 0.253. The molecule has 0 amide bonds. The average molecular weight is 731 g/mol. The van der Waals surface area contributed by atoms with E-state index >= 15 is 0 Å². The SMILES string of the molecule is Cc1cc2c(c(-c3c(-c4nnnc(-c5ccccc5)c4-c4ccccc4)cccc3-c3cccc4[se]c5ccccc5c34)c1C)Cc1ccccc1-2. The Morgan fingerprint density at radius 3 is 1.96 bits per heavy atom. The first-order valence-corrected chi connectivity index (χ1v) is 19.5. The predicted molar refractivity (Wildman–Crippen MR) is 217 cm³/mol. The Labute approximate surface area is 309 Å². The van der Waals surface area contributed by atoms with Gasteiger partial charge in [-0.3, -0.25) is 0 Å². The van der Waals surface area contributed by atoms with Crippen molar-refractivity contribution >= 4 is 33.8 Å². The fourth-order valence-corrected chi connectivity index (χ4v) is 10.7. The molecule has 0 radical (unpaired) electrons. The van der Waals surface area contributed by atoms with Gasteiger partial charge in [-0.25, -0.2) is 0 Å². The van der Waals surface area contributed by atoms with Gasteiger partial charge in [0.25, 0.3) is 0 Å². The molecule has 52 heavy (non-hydrogen) atoms. The van der Waals surface area contributed by atoms with E-state index in [2.05, 4.69) is 165 Å². The Hall–Kier alpha value is -5.93. The van der Waals surface area contributed by atoms with Crippen molar-refractivity contribution in [3.8, 4) is 67.0 Å². The first-order valence-electron chi connectivity index (χ1n) is 17.8. The van der Waals surface area contributed by atoms with Crippen LogP contribution in [0.15, 0.2) is 152 Å². The van der Waals surface area contributed by atoms with Crippen LogP contribution >= 0.6 is 0 Å². The zero-order chi connectivity index (χ0) is 34.8. The second-order valence-corrected chi connectivity index (χ2v) is 15.9. The third kappa shape index (κ3) is 4.83. The average Bonchev–Trinajstić information content (AvgIpc) is 3.77. The van der Waals surface area contributed by atoms with Gasteiger partial charge in [-0.15, -0.1) is 0 Å². The minimum atomic E-state index is 0.253. The molecule has 0 atom stereocenters. The molecule has 7 aromatic carbocycles. The van der Waals surface area contributed by atoms with E-state index in [0.29, 0.717) is 0 Å². The maximum atomic E-state index is 4.97. The fourth-order valence-electron chi connectivity index (χ4n) is 8.29. The van der Waals surface area contributed by atoms with Crippen molar-refractivity contribution in [3.05, 3.63) is 174 Å². The van der Waals surface area contributed by atoms with E-state index in [1.807, 2.05) is 6.07 Å². The van der Waals surface area contributed by atoms with Crippen LogP contribution in [0.3, 0.4) is 0 Å². The minimum absolute atomic E-state index is 0.253. The van der Waals surface area contributed by atoms with Gasteiger partial charge in [0.2, 0.25) is 0 Å². The Kier molecular flexibility index (Phi) is 7.35. The van der Waals surface area contributed by atoms with Crippen LogP contribution in [-0.4, -0.2) is 29.9 Å². The van der Waals surface area contributed by atoms with Gasteiger partial charge in [-0.2, -0.15) is 0 Å². The normalized spacial score (nSPS) is 12.0. The van der Waals surface area contributed by atoms with E-state index in [1.54, 1.807) is 0 Å². The number of aryl methyl sites for hydroxylation is 1. The van der Waals surface area contributed by atoms with Crippen LogP contribution in [0.25, 0.3) is 86.3 Å². The van der Waals surface area contributed by atoms with Crippen LogP contribution in [0.5, 0.6) is 0 Å². The van der Waals surface area contributed by atoms with Crippen molar-refractivity contribution in [1.29, 1.82) is 0 Å². The molecular formula is C48H33N3Se. The molecule has 2 aromatic heterocycles. The molecule has 0 spiro atoms. The van der Waals surface area contributed by atoms with Gasteiger partial charge in [0.15, 0.2) is 0 Å². The van der Waals surface area contributed by atoms with Crippen LogP contribution in [-0.2, 0) is 6.42 Å². The predicted octanol–water partition coefficient (Wildman–Crippen LogP) is 11.8. The summed E-state index contributed by atoms with van der Waals surface area (Å²) in [5.41, 5.74) is 18.7. The topological polar surface area (TPSA) is 38.7 Å². The van der Waals surface area contributed by atoms with Crippen molar-refractivity contribution in [3.63, 3.8) is 0 Å². The number of nitrogens with zero attached hydrogens (tertiary/aromatic N) is 3.